The van der Waals surface area contributed by atoms with Crippen molar-refractivity contribution in [3.05, 3.63) is 49.1 Å². The van der Waals surface area contributed by atoms with Crippen LogP contribution in [-0.2, 0) is 19.6 Å². The van der Waals surface area contributed by atoms with Crippen LogP contribution in [0.3, 0.4) is 0 Å². The second-order valence-electron chi connectivity index (χ2n) is 8.61. The Kier molecular flexibility index (Phi) is 8.68. The van der Waals surface area contributed by atoms with E-state index in [2.05, 4.69) is 11.9 Å². The fourth-order valence-electron chi connectivity index (χ4n) is 4.22. The molecule has 1 aliphatic heterocycles. The molecule has 0 radical (unpaired) electrons. The number of nitrogens with one attached hydrogen (secondary N) is 1. The van der Waals surface area contributed by atoms with E-state index in [1.54, 1.807) is 17.0 Å². The van der Waals surface area contributed by atoms with E-state index in [0.29, 0.717) is 36.3 Å². The third-order valence-electron chi connectivity index (χ3n) is 6.10. The molecule has 1 saturated heterocycles. The topological polar surface area (TPSA) is 90.0 Å². The first kappa shape index (κ1) is 25.7. The molecule has 0 aliphatic carbocycles. The number of hydrogen-bond donors (Lipinski definition) is 1. The molecule has 1 aliphatic rings. The summed E-state index contributed by atoms with van der Waals surface area (Å²) in [6, 6.07) is 11.1. The van der Waals surface area contributed by atoms with Gasteiger partial charge in [0, 0.05) is 69.7 Å². The molecule has 34 heavy (non-hydrogen) atoms. The Morgan fingerprint density at radius 2 is 1.68 bits per heavy atom. The summed E-state index contributed by atoms with van der Waals surface area (Å²) in [5.41, 5.74) is 0.966. The maximum atomic E-state index is 13.5. The summed E-state index contributed by atoms with van der Waals surface area (Å²) in [5.74, 6) is -0.140. The van der Waals surface area contributed by atoms with Crippen LogP contribution in [0.2, 0.25) is 0 Å². The second-order valence-corrected chi connectivity index (χ2v) is 10.5. The molecule has 1 fully saturated rings. The lowest BCUT2D eigenvalue weighted by Gasteiger charge is -2.34. The number of carbonyl (C=O) groups is 2. The van der Waals surface area contributed by atoms with Gasteiger partial charge in [-0.05, 0) is 31.1 Å². The predicted molar refractivity (Wildman–Crippen MR) is 135 cm³/mol. The number of anilines is 1. The van der Waals surface area contributed by atoms with Crippen molar-refractivity contribution in [1.82, 2.24) is 14.5 Å². The standard InChI is InChI=1S/C25H34N4O4S/c1-4-24(30)26-15-7-5-6-14-25(31)28-16-18-29(19-17-28)34(32,33)23-13-9-10-20-21(23)11-8-12-22(20)27(2)3/h4,8-13H,1,5-7,14-19H2,2-3H3,(H,26,30). The molecule has 3 rings (SSSR count). The molecule has 9 heteroatoms. The summed E-state index contributed by atoms with van der Waals surface area (Å²) in [6.07, 6.45) is 4.06. The van der Waals surface area contributed by atoms with Crippen LogP contribution < -0.4 is 10.2 Å². The summed E-state index contributed by atoms with van der Waals surface area (Å²) in [5, 5.41) is 4.32. The fourth-order valence-corrected chi connectivity index (χ4v) is 5.84. The molecule has 2 amide bonds. The Balaban J connectivity index is 1.57. The van der Waals surface area contributed by atoms with Crippen molar-refractivity contribution in [3.63, 3.8) is 0 Å². The third kappa shape index (κ3) is 5.95. The maximum absolute atomic E-state index is 13.5. The molecule has 1 N–H and O–H groups in total. The molecule has 2 aromatic rings. The molecule has 0 unspecified atom stereocenters. The van der Waals surface area contributed by atoms with E-state index in [-0.39, 0.29) is 24.9 Å². The summed E-state index contributed by atoms with van der Waals surface area (Å²) in [7, 11) is 0.193. The van der Waals surface area contributed by atoms with Gasteiger partial charge in [0.15, 0.2) is 0 Å². The van der Waals surface area contributed by atoms with Gasteiger partial charge in [-0.3, -0.25) is 9.59 Å². The van der Waals surface area contributed by atoms with Crippen molar-refractivity contribution < 1.29 is 18.0 Å². The molecule has 0 atom stereocenters. The Labute approximate surface area is 202 Å². The molecule has 0 saturated carbocycles. The Morgan fingerprint density at radius 1 is 1.00 bits per heavy atom. The number of piperazine rings is 1. The monoisotopic (exact) mass is 486 g/mol. The molecule has 8 nitrogen and oxygen atoms in total. The summed E-state index contributed by atoms with van der Waals surface area (Å²) >= 11 is 0. The van der Waals surface area contributed by atoms with Crippen molar-refractivity contribution in [3.8, 4) is 0 Å². The van der Waals surface area contributed by atoms with Gasteiger partial charge in [-0.15, -0.1) is 0 Å². The van der Waals surface area contributed by atoms with E-state index in [1.165, 1.54) is 10.4 Å². The molecule has 184 valence electrons. The van der Waals surface area contributed by atoms with Crippen molar-refractivity contribution in [2.45, 2.75) is 30.6 Å². The molecule has 1 heterocycles. The SMILES string of the molecule is C=CC(=O)NCCCCCC(=O)N1CCN(S(=O)(=O)c2cccc3c(N(C)C)cccc23)CC1. The zero-order valence-corrected chi connectivity index (χ0v) is 20.8. The third-order valence-corrected chi connectivity index (χ3v) is 8.06. The first-order valence-corrected chi connectivity index (χ1v) is 13.1. The Morgan fingerprint density at radius 3 is 2.35 bits per heavy atom. The van der Waals surface area contributed by atoms with Crippen LogP contribution in [0.15, 0.2) is 53.9 Å². The van der Waals surface area contributed by atoms with E-state index >= 15 is 0 Å². The smallest absolute Gasteiger partial charge is 0.243 e. The normalized spacial score (nSPS) is 14.7. The van der Waals surface area contributed by atoms with Crippen LogP contribution in [0.4, 0.5) is 5.69 Å². The van der Waals surface area contributed by atoms with Crippen molar-refractivity contribution in [2.24, 2.45) is 0 Å². The number of hydrogen-bond acceptors (Lipinski definition) is 5. The van der Waals surface area contributed by atoms with Gasteiger partial charge in [0.25, 0.3) is 0 Å². The number of nitrogens with zero attached hydrogens (tertiary/aromatic N) is 3. The highest BCUT2D eigenvalue weighted by molar-refractivity contribution is 7.89. The van der Waals surface area contributed by atoms with E-state index in [9.17, 15) is 18.0 Å². The number of rotatable bonds is 10. The molecule has 0 bridgehead atoms. The van der Waals surface area contributed by atoms with Gasteiger partial charge in [0.2, 0.25) is 21.8 Å². The first-order chi connectivity index (χ1) is 16.3. The van der Waals surface area contributed by atoms with Gasteiger partial charge in [-0.1, -0.05) is 37.3 Å². The highest BCUT2D eigenvalue weighted by atomic mass is 32.2. The second kappa shape index (κ2) is 11.5. The van der Waals surface area contributed by atoms with E-state index in [4.69, 9.17) is 0 Å². The van der Waals surface area contributed by atoms with E-state index in [1.807, 2.05) is 43.3 Å². The van der Waals surface area contributed by atoms with Gasteiger partial charge in [-0.25, -0.2) is 8.42 Å². The zero-order chi connectivity index (χ0) is 24.7. The molecular weight excluding hydrogens is 452 g/mol. The lowest BCUT2D eigenvalue weighted by Crippen LogP contribution is -2.50. The number of benzene rings is 2. The number of carbonyl (C=O) groups excluding carboxylic acids is 2. The molecule has 0 aromatic heterocycles. The number of sulfonamides is 1. The summed E-state index contributed by atoms with van der Waals surface area (Å²) in [6.45, 7) is 5.32. The minimum atomic E-state index is -3.68. The zero-order valence-electron chi connectivity index (χ0n) is 20.0. The van der Waals surface area contributed by atoms with E-state index in [0.717, 1.165) is 30.3 Å². The largest absolute Gasteiger partial charge is 0.377 e. The lowest BCUT2D eigenvalue weighted by molar-refractivity contribution is -0.132. The summed E-state index contributed by atoms with van der Waals surface area (Å²) < 4.78 is 28.4. The van der Waals surface area contributed by atoms with Gasteiger partial charge < -0.3 is 15.1 Å². The van der Waals surface area contributed by atoms with Crippen LogP contribution in [0.5, 0.6) is 0 Å². The lowest BCUT2D eigenvalue weighted by atomic mass is 10.1. The average molecular weight is 487 g/mol. The predicted octanol–water partition coefficient (Wildman–Crippen LogP) is 2.60. The highest BCUT2D eigenvalue weighted by Gasteiger charge is 2.31. The van der Waals surface area contributed by atoms with Crippen molar-refractivity contribution in [1.29, 1.82) is 0 Å². The van der Waals surface area contributed by atoms with Crippen molar-refractivity contribution in [2.75, 3.05) is 51.7 Å². The Bertz CT molecular complexity index is 1140. The van der Waals surface area contributed by atoms with Crippen molar-refractivity contribution >= 4 is 38.3 Å². The maximum Gasteiger partial charge on any atom is 0.243 e. The van der Waals surface area contributed by atoms with Crippen LogP contribution in [0.1, 0.15) is 25.7 Å². The van der Waals surface area contributed by atoms with Gasteiger partial charge in [-0.2, -0.15) is 4.31 Å². The summed E-state index contributed by atoms with van der Waals surface area (Å²) in [4.78, 5) is 27.7. The molecule has 2 aromatic carbocycles. The average Bonchev–Trinajstić information content (AvgIpc) is 2.84. The molecular formula is C25H34N4O4S. The van der Waals surface area contributed by atoms with Gasteiger partial charge in [0.05, 0.1) is 4.90 Å². The number of unbranched alkanes of at least 4 members (excludes halogenated alkanes) is 2. The highest BCUT2D eigenvalue weighted by Crippen LogP contribution is 2.32. The van der Waals surface area contributed by atoms with Crippen LogP contribution in [0, 0.1) is 0 Å². The van der Waals surface area contributed by atoms with Crippen LogP contribution in [0.25, 0.3) is 10.8 Å². The van der Waals surface area contributed by atoms with Gasteiger partial charge >= 0.3 is 0 Å². The van der Waals surface area contributed by atoms with Gasteiger partial charge in [0.1, 0.15) is 0 Å². The van der Waals surface area contributed by atoms with Crippen LogP contribution in [-0.4, -0.2) is 76.3 Å². The molecule has 0 spiro atoms. The van der Waals surface area contributed by atoms with Crippen LogP contribution >= 0.6 is 0 Å². The Hall–Kier alpha value is -2.91. The van der Waals surface area contributed by atoms with E-state index < -0.39 is 10.0 Å². The minimum Gasteiger partial charge on any atom is -0.377 e. The number of amides is 2. The number of fused-ring (bicyclic) bond motifs is 1. The minimum absolute atomic E-state index is 0.0490. The first-order valence-electron chi connectivity index (χ1n) is 11.6. The fraction of sp³-hybridized carbons (Fsp3) is 0.440. The quantitative estimate of drug-likeness (QED) is 0.412.